The van der Waals surface area contributed by atoms with E-state index < -0.39 is 0 Å². The smallest absolute Gasteiger partial charge is 0.155 e. The van der Waals surface area contributed by atoms with E-state index in [0.717, 1.165) is 11.3 Å². The number of hydrogen-bond donors (Lipinski definition) is 1. The number of ketones is 1. The third kappa shape index (κ3) is 7.11. The Morgan fingerprint density at radius 3 is 2.16 bits per heavy atom. The van der Waals surface area contributed by atoms with Crippen LogP contribution in [-0.2, 0) is 24.9 Å². The van der Waals surface area contributed by atoms with E-state index in [2.05, 4.69) is 85.6 Å². The summed E-state index contributed by atoms with van der Waals surface area (Å²) in [5.74, 6) is -0.0625. The van der Waals surface area contributed by atoms with Crippen molar-refractivity contribution in [1.82, 2.24) is 4.98 Å². The number of aliphatic hydroxyl groups is 1. The van der Waals surface area contributed by atoms with Crippen LogP contribution in [0.3, 0.4) is 0 Å². The molecule has 0 bridgehead atoms. The quantitative estimate of drug-likeness (QED) is 0.117. The summed E-state index contributed by atoms with van der Waals surface area (Å²) < 4.78 is 1.25. The molecule has 0 unspecified atom stereocenters. The van der Waals surface area contributed by atoms with Crippen molar-refractivity contribution in [3.8, 4) is 32.8 Å². The maximum atomic E-state index is 10.0. The molecular weight excluding hydrogens is 655 g/mol. The molecule has 0 amide bonds. The molecule has 37 heavy (non-hydrogen) atoms. The SMILES string of the molecule is CC(=O)/C=C(/C)O.Cc1cccc(C)c1-c1ccc(-c2cc3cnc(-c4[c-]cccc4)cc3s2)cc1.[Ir]. The first kappa shape index (κ1) is 28.2. The summed E-state index contributed by atoms with van der Waals surface area (Å²) in [6.07, 6.45) is 3.14. The van der Waals surface area contributed by atoms with Gasteiger partial charge < -0.3 is 10.1 Å². The second-order valence-corrected chi connectivity index (χ2v) is 9.82. The summed E-state index contributed by atoms with van der Waals surface area (Å²) >= 11 is 1.81. The first-order valence-corrected chi connectivity index (χ1v) is 12.5. The molecular formula is C32H28IrNO2S-. The van der Waals surface area contributed by atoms with Crippen LogP contribution >= 0.6 is 11.3 Å². The first-order chi connectivity index (χ1) is 17.3. The van der Waals surface area contributed by atoms with Gasteiger partial charge in [0, 0.05) is 47.3 Å². The van der Waals surface area contributed by atoms with E-state index >= 15 is 0 Å². The van der Waals surface area contributed by atoms with E-state index in [1.807, 2.05) is 35.7 Å². The molecule has 3 nitrogen and oxygen atoms in total. The van der Waals surface area contributed by atoms with Gasteiger partial charge in [0.25, 0.3) is 0 Å². The van der Waals surface area contributed by atoms with E-state index in [1.165, 1.54) is 62.7 Å². The molecule has 2 heterocycles. The van der Waals surface area contributed by atoms with Crippen LogP contribution in [0, 0.1) is 19.9 Å². The number of benzene rings is 3. The Kier molecular flexibility index (Phi) is 9.71. The van der Waals surface area contributed by atoms with Crippen molar-refractivity contribution in [1.29, 1.82) is 0 Å². The monoisotopic (exact) mass is 683 g/mol. The maximum Gasteiger partial charge on any atom is 0.155 e. The Labute approximate surface area is 235 Å². The zero-order valence-electron chi connectivity index (χ0n) is 21.2. The second kappa shape index (κ2) is 12.7. The fraction of sp³-hybridized carbons (Fsp3) is 0.125. The average molecular weight is 683 g/mol. The molecule has 1 N–H and O–H groups in total. The Balaban J connectivity index is 0.000000422. The van der Waals surface area contributed by atoms with E-state index in [1.54, 1.807) is 0 Å². The molecule has 1 radical (unpaired) electrons. The van der Waals surface area contributed by atoms with Gasteiger partial charge in [-0.1, -0.05) is 48.5 Å². The van der Waals surface area contributed by atoms with E-state index in [9.17, 15) is 4.79 Å². The van der Waals surface area contributed by atoms with Crippen LogP contribution in [0.1, 0.15) is 25.0 Å². The molecule has 0 spiro atoms. The van der Waals surface area contributed by atoms with Gasteiger partial charge in [0.1, 0.15) is 0 Å². The minimum atomic E-state index is -0.125. The van der Waals surface area contributed by atoms with Gasteiger partial charge in [0.15, 0.2) is 5.78 Å². The van der Waals surface area contributed by atoms with Crippen LogP contribution in [-0.4, -0.2) is 15.9 Å². The molecule has 2 aromatic heterocycles. The predicted molar refractivity (Wildman–Crippen MR) is 151 cm³/mol. The third-order valence-corrected chi connectivity index (χ3v) is 6.88. The molecule has 189 valence electrons. The molecule has 0 aliphatic rings. The number of aryl methyl sites for hydroxylation is 2. The summed E-state index contributed by atoms with van der Waals surface area (Å²) in [5, 5.41) is 9.55. The van der Waals surface area contributed by atoms with Gasteiger partial charge in [0.05, 0.1) is 5.76 Å². The number of aliphatic hydroxyl groups excluding tert-OH is 1. The van der Waals surface area contributed by atoms with Crippen LogP contribution in [0.5, 0.6) is 0 Å². The van der Waals surface area contributed by atoms with E-state index in [-0.39, 0.29) is 31.6 Å². The van der Waals surface area contributed by atoms with Crippen LogP contribution in [0.15, 0.2) is 96.9 Å². The molecule has 0 aliphatic heterocycles. The van der Waals surface area contributed by atoms with Gasteiger partial charge in [-0.25, -0.2) is 0 Å². The van der Waals surface area contributed by atoms with E-state index in [0.29, 0.717) is 0 Å². The van der Waals surface area contributed by atoms with Gasteiger partial charge in [-0.15, -0.1) is 47.2 Å². The number of nitrogens with zero attached hydrogens (tertiary/aromatic N) is 1. The minimum absolute atomic E-state index is 0. The van der Waals surface area contributed by atoms with Crippen LogP contribution in [0.25, 0.3) is 42.9 Å². The summed E-state index contributed by atoms with van der Waals surface area (Å²) in [5.41, 5.74) is 8.48. The van der Waals surface area contributed by atoms with Crippen molar-refractivity contribution >= 4 is 27.2 Å². The van der Waals surface area contributed by atoms with Crippen molar-refractivity contribution in [2.45, 2.75) is 27.7 Å². The van der Waals surface area contributed by atoms with Crippen LogP contribution in [0.4, 0.5) is 0 Å². The standard InChI is InChI=1S/C27H20NS.C5H8O2.Ir/c1-18-7-6-8-19(2)27(18)22-13-11-21(12-14-22)25-15-23-17-28-24(16-26(23)29-25)20-9-4-3-5-10-20;1-4(6)3-5(2)7;/h3-9,11-17H,1-2H3;3,6H,1-2H3;/q-1;;/b;4-3-;. The minimum Gasteiger partial charge on any atom is -0.512 e. The van der Waals surface area contributed by atoms with Gasteiger partial charge in [-0.2, -0.15) is 0 Å². The number of fused-ring (bicyclic) bond motifs is 1. The van der Waals surface area contributed by atoms with Gasteiger partial charge in [0.2, 0.25) is 0 Å². The van der Waals surface area contributed by atoms with Gasteiger partial charge in [-0.05, 0) is 67.3 Å². The molecule has 0 saturated heterocycles. The Bertz CT molecular complexity index is 1510. The van der Waals surface area contributed by atoms with Crippen molar-refractivity contribution in [2.24, 2.45) is 0 Å². The number of carbonyl (C=O) groups is 1. The molecule has 0 fully saturated rings. The van der Waals surface area contributed by atoms with Crippen molar-refractivity contribution in [3.63, 3.8) is 0 Å². The molecule has 3 aromatic carbocycles. The normalized spacial score (nSPS) is 10.9. The van der Waals surface area contributed by atoms with Crippen molar-refractivity contribution < 1.29 is 30.0 Å². The number of thiophene rings is 1. The average Bonchev–Trinajstić information content (AvgIpc) is 3.28. The fourth-order valence-corrected chi connectivity index (χ4v) is 5.22. The molecule has 0 saturated carbocycles. The summed E-state index contributed by atoms with van der Waals surface area (Å²) in [7, 11) is 0. The van der Waals surface area contributed by atoms with Gasteiger partial charge in [-0.3, -0.25) is 4.79 Å². The third-order valence-electron chi connectivity index (χ3n) is 5.74. The number of carbonyl (C=O) groups excluding carboxylic acids is 1. The number of hydrogen-bond acceptors (Lipinski definition) is 4. The zero-order chi connectivity index (χ0) is 25.7. The largest absolute Gasteiger partial charge is 0.512 e. The summed E-state index contributed by atoms with van der Waals surface area (Å²) in [4.78, 5) is 15.9. The Morgan fingerprint density at radius 1 is 0.919 bits per heavy atom. The molecule has 5 rings (SSSR count). The molecule has 0 aliphatic carbocycles. The first-order valence-electron chi connectivity index (χ1n) is 11.7. The second-order valence-electron chi connectivity index (χ2n) is 8.73. The van der Waals surface area contributed by atoms with Crippen molar-refractivity contribution in [3.05, 3.63) is 114 Å². The Hall–Kier alpha value is -3.37. The zero-order valence-corrected chi connectivity index (χ0v) is 24.4. The number of rotatable bonds is 4. The van der Waals surface area contributed by atoms with Crippen LogP contribution in [0.2, 0.25) is 0 Å². The van der Waals surface area contributed by atoms with Crippen molar-refractivity contribution in [2.75, 3.05) is 0 Å². The number of aromatic nitrogens is 1. The summed E-state index contributed by atoms with van der Waals surface area (Å²) in [6.45, 7) is 7.20. The van der Waals surface area contributed by atoms with E-state index in [4.69, 9.17) is 5.11 Å². The predicted octanol–water partition coefficient (Wildman–Crippen LogP) is 8.75. The molecule has 0 atom stereocenters. The molecule has 5 aromatic rings. The van der Waals surface area contributed by atoms with Gasteiger partial charge >= 0.3 is 0 Å². The maximum absolute atomic E-state index is 10.0. The summed E-state index contributed by atoms with van der Waals surface area (Å²) in [6, 6.07) is 31.0. The Morgan fingerprint density at radius 2 is 1.59 bits per heavy atom. The topological polar surface area (TPSA) is 50.2 Å². The fourth-order valence-electron chi connectivity index (χ4n) is 4.14. The van der Waals surface area contributed by atoms with Crippen LogP contribution < -0.4 is 0 Å². The number of pyridine rings is 1. The number of allylic oxidation sites excluding steroid dienone is 2. The molecule has 5 heteroatoms.